The van der Waals surface area contributed by atoms with Crippen LogP contribution in [0.4, 0.5) is 0 Å². The van der Waals surface area contributed by atoms with Gasteiger partial charge in [0.25, 0.3) is 7.82 Å². The maximum Gasteiger partial charge on any atom is 0.268 e. The second-order valence-electron chi connectivity index (χ2n) is 14.9. The monoisotopic (exact) mass is 733 g/mol. The van der Waals surface area contributed by atoms with E-state index in [2.05, 4.69) is 25.2 Å². The van der Waals surface area contributed by atoms with Gasteiger partial charge in [0, 0.05) is 6.42 Å². The van der Waals surface area contributed by atoms with Crippen LogP contribution in [0.25, 0.3) is 0 Å². The number of allylic oxidation sites excluding steroid dienone is 2. The van der Waals surface area contributed by atoms with Crippen molar-refractivity contribution in [3.8, 4) is 0 Å². The molecule has 0 aliphatic heterocycles. The lowest BCUT2D eigenvalue weighted by Gasteiger charge is -2.29. The summed E-state index contributed by atoms with van der Waals surface area (Å²) in [7, 11) is 1.16. The van der Waals surface area contributed by atoms with Crippen LogP contribution in [0, 0.1) is 0 Å². The molecule has 1 amide bonds. The summed E-state index contributed by atoms with van der Waals surface area (Å²) >= 11 is 0. The molecule has 11 heteroatoms. The fourth-order valence-electron chi connectivity index (χ4n) is 5.47. The van der Waals surface area contributed by atoms with Crippen molar-refractivity contribution in [2.24, 2.45) is 0 Å². The predicted octanol–water partition coefficient (Wildman–Crippen LogP) is 7.50. The lowest BCUT2D eigenvalue weighted by molar-refractivity contribution is -0.870. The molecule has 1 unspecified atom stereocenters. The molecule has 296 valence electrons. The van der Waals surface area contributed by atoms with E-state index in [1.165, 1.54) is 57.8 Å². The van der Waals surface area contributed by atoms with Crippen LogP contribution in [-0.2, 0) is 18.4 Å². The molecule has 0 aliphatic carbocycles. The second kappa shape index (κ2) is 31.4. The molecule has 0 aliphatic rings. The fraction of sp³-hybridized carbons (Fsp3) is 0.872. The zero-order valence-electron chi connectivity index (χ0n) is 32.6. The standard InChI is InChI=1S/C39H77N2O8P/c1-6-8-10-12-14-15-16-17-18-21-24-28-36(42)35(34-49-50(46,47)48-33-32-41(3,4)5)40-39(45)31-27-23-19-22-26-30-38(44)37(43)29-25-20-13-11-9-7-2/h20,24-25,28,35-38,42-44H,6-19,21-23,26-27,29-34H2,1-5H3,(H-,40,45,46,47)/b25-20-,28-24+/t35-,36+,37-,38-/m0/s1. The van der Waals surface area contributed by atoms with E-state index in [0.29, 0.717) is 30.3 Å². The molecule has 0 saturated carbocycles. The third kappa shape index (κ3) is 31.6. The number of amides is 1. The number of nitrogens with zero attached hydrogens (tertiary/aromatic N) is 1. The minimum Gasteiger partial charge on any atom is -0.756 e. The quantitative estimate of drug-likeness (QED) is 0.0227. The summed E-state index contributed by atoms with van der Waals surface area (Å²) in [5.41, 5.74) is 0. The number of hydrogen-bond acceptors (Lipinski definition) is 8. The highest BCUT2D eigenvalue weighted by atomic mass is 31.2. The predicted molar refractivity (Wildman–Crippen MR) is 204 cm³/mol. The number of hydrogen-bond donors (Lipinski definition) is 4. The van der Waals surface area contributed by atoms with Gasteiger partial charge in [0.1, 0.15) is 13.2 Å². The molecule has 0 spiro atoms. The normalized spacial score (nSPS) is 16.1. The lowest BCUT2D eigenvalue weighted by Crippen LogP contribution is -2.45. The number of rotatable bonds is 35. The smallest absolute Gasteiger partial charge is 0.268 e. The summed E-state index contributed by atoms with van der Waals surface area (Å²) in [6.07, 6.45) is 26.7. The van der Waals surface area contributed by atoms with E-state index in [4.69, 9.17) is 9.05 Å². The van der Waals surface area contributed by atoms with Crippen molar-refractivity contribution < 1.29 is 43.1 Å². The van der Waals surface area contributed by atoms with Crippen molar-refractivity contribution in [1.82, 2.24) is 5.32 Å². The van der Waals surface area contributed by atoms with Gasteiger partial charge in [-0.15, -0.1) is 0 Å². The first-order valence-electron chi connectivity index (χ1n) is 19.9. The highest BCUT2D eigenvalue weighted by Gasteiger charge is 2.23. The van der Waals surface area contributed by atoms with Gasteiger partial charge in [-0.1, -0.05) is 128 Å². The van der Waals surface area contributed by atoms with E-state index in [-0.39, 0.29) is 18.9 Å². The summed E-state index contributed by atoms with van der Waals surface area (Å²) in [6, 6.07) is -0.940. The van der Waals surface area contributed by atoms with Gasteiger partial charge in [0.15, 0.2) is 0 Å². The van der Waals surface area contributed by atoms with E-state index in [1.54, 1.807) is 6.08 Å². The average Bonchev–Trinajstić information content (AvgIpc) is 3.05. The van der Waals surface area contributed by atoms with Crippen LogP contribution in [0.3, 0.4) is 0 Å². The van der Waals surface area contributed by atoms with Crippen molar-refractivity contribution >= 4 is 13.7 Å². The number of aliphatic hydroxyl groups is 3. The number of carbonyl (C=O) groups excluding carboxylic acids is 1. The van der Waals surface area contributed by atoms with Crippen LogP contribution < -0.4 is 10.2 Å². The number of quaternary nitrogens is 1. The maximum absolute atomic E-state index is 12.8. The van der Waals surface area contributed by atoms with E-state index in [9.17, 15) is 29.6 Å². The van der Waals surface area contributed by atoms with Gasteiger partial charge in [-0.2, -0.15) is 0 Å². The molecule has 0 aromatic rings. The minimum absolute atomic E-state index is 0.0292. The van der Waals surface area contributed by atoms with Gasteiger partial charge in [0.05, 0.1) is 52.1 Å². The highest BCUT2D eigenvalue weighted by Crippen LogP contribution is 2.38. The Morgan fingerprint density at radius 3 is 1.92 bits per heavy atom. The van der Waals surface area contributed by atoms with Crippen LogP contribution in [-0.4, -0.2) is 91.0 Å². The van der Waals surface area contributed by atoms with Crippen LogP contribution in [0.2, 0.25) is 0 Å². The van der Waals surface area contributed by atoms with Gasteiger partial charge >= 0.3 is 0 Å². The maximum atomic E-state index is 12.8. The molecular formula is C39H77N2O8P. The van der Waals surface area contributed by atoms with Crippen LogP contribution in [0.15, 0.2) is 24.3 Å². The van der Waals surface area contributed by atoms with Gasteiger partial charge in [-0.25, -0.2) is 0 Å². The van der Waals surface area contributed by atoms with Crippen molar-refractivity contribution in [2.75, 3.05) is 40.9 Å². The van der Waals surface area contributed by atoms with Gasteiger partial charge < -0.3 is 39.1 Å². The number of carbonyl (C=O) groups is 1. The molecule has 0 aromatic heterocycles. The van der Waals surface area contributed by atoms with Crippen molar-refractivity contribution in [2.45, 2.75) is 179 Å². The van der Waals surface area contributed by atoms with Crippen LogP contribution in [0.1, 0.15) is 155 Å². The Morgan fingerprint density at radius 2 is 1.28 bits per heavy atom. The molecular weight excluding hydrogens is 655 g/mol. The largest absolute Gasteiger partial charge is 0.756 e. The summed E-state index contributed by atoms with van der Waals surface area (Å²) < 4.78 is 23.0. The first-order valence-corrected chi connectivity index (χ1v) is 21.3. The number of phosphoric ester groups is 1. The molecule has 0 radical (unpaired) electrons. The summed E-state index contributed by atoms with van der Waals surface area (Å²) in [5.74, 6) is -0.280. The Hall–Kier alpha value is -1.10. The molecule has 4 N–H and O–H groups in total. The first kappa shape index (κ1) is 48.9. The van der Waals surface area contributed by atoms with Crippen molar-refractivity contribution in [3.63, 3.8) is 0 Å². The molecule has 0 bridgehead atoms. The minimum atomic E-state index is -4.62. The molecule has 10 nitrogen and oxygen atoms in total. The third-order valence-corrected chi connectivity index (χ3v) is 9.82. The van der Waals surface area contributed by atoms with Crippen molar-refractivity contribution in [1.29, 1.82) is 0 Å². The van der Waals surface area contributed by atoms with Crippen LogP contribution >= 0.6 is 7.82 Å². The first-order chi connectivity index (χ1) is 23.8. The van der Waals surface area contributed by atoms with E-state index >= 15 is 0 Å². The molecule has 0 heterocycles. The molecule has 0 rings (SSSR count). The Bertz CT molecular complexity index is 911. The molecule has 0 fully saturated rings. The molecule has 0 aromatic carbocycles. The van der Waals surface area contributed by atoms with Crippen molar-refractivity contribution in [3.05, 3.63) is 24.3 Å². The number of aliphatic hydroxyl groups excluding tert-OH is 3. The number of phosphoric acid groups is 1. The Morgan fingerprint density at radius 1 is 0.740 bits per heavy atom. The SMILES string of the molecule is CCCCC/C=C\C[C@H](O)[C@@H](O)CCCCCCCC(=O)N[C@@H](COP(=O)([O-])OCC[N+](C)(C)C)[C@H](O)/C=C/CCCCCCCCCCC. The fourth-order valence-corrected chi connectivity index (χ4v) is 6.19. The zero-order chi connectivity index (χ0) is 37.5. The molecule has 0 saturated heterocycles. The summed E-state index contributed by atoms with van der Waals surface area (Å²) in [6.45, 7) is 4.41. The second-order valence-corrected chi connectivity index (χ2v) is 16.4. The van der Waals surface area contributed by atoms with Gasteiger partial charge in [0.2, 0.25) is 5.91 Å². The Kier molecular flexibility index (Phi) is 30.7. The van der Waals surface area contributed by atoms with E-state index < -0.39 is 38.8 Å². The third-order valence-electron chi connectivity index (χ3n) is 8.86. The number of nitrogens with one attached hydrogen (secondary N) is 1. The Labute approximate surface area is 306 Å². The van der Waals surface area contributed by atoms with E-state index in [0.717, 1.165) is 57.8 Å². The average molecular weight is 733 g/mol. The number of likely N-dealkylation sites (N-methyl/N-ethyl adjacent to an activating group) is 1. The van der Waals surface area contributed by atoms with Gasteiger partial charge in [-0.3, -0.25) is 9.36 Å². The van der Waals surface area contributed by atoms with E-state index in [1.807, 2.05) is 33.3 Å². The summed E-state index contributed by atoms with van der Waals surface area (Å²) in [4.78, 5) is 25.2. The van der Waals surface area contributed by atoms with Gasteiger partial charge in [-0.05, 0) is 44.9 Å². The molecule has 5 atom stereocenters. The zero-order valence-corrected chi connectivity index (χ0v) is 33.5. The molecule has 50 heavy (non-hydrogen) atoms. The topological polar surface area (TPSA) is 148 Å². The highest BCUT2D eigenvalue weighted by molar-refractivity contribution is 7.45. The Balaban J connectivity index is 4.63. The summed E-state index contributed by atoms with van der Waals surface area (Å²) in [5, 5.41) is 34.1. The lowest BCUT2D eigenvalue weighted by atomic mass is 10.0. The number of unbranched alkanes of at least 4 members (excludes halogenated alkanes) is 16. The van der Waals surface area contributed by atoms with Crippen LogP contribution in [0.5, 0.6) is 0 Å².